The molecular weight excluding hydrogens is 386 g/mol. The lowest BCUT2D eigenvalue weighted by molar-refractivity contribution is -0.138. The molecule has 3 heterocycles. The average Bonchev–Trinajstić information content (AvgIpc) is 3.05. The highest BCUT2D eigenvalue weighted by atomic mass is 32.2. The highest BCUT2D eigenvalue weighted by Gasteiger charge is 2.44. The van der Waals surface area contributed by atoms with E-state index in [0.29, 0.717) is 12.0 Å². The van der Waals surface area contributed by atoms with Gasteiger partial charge in [-0.25, -0.2) is 4.79 Å². The number of carbonyl (C=O) groups is 1. The van der Waals surface area contributed by atoms with Crippen LogP contribution in [-0.4, -0.2) is 34.5 Å². The molecule has 3 unspecified atom stereocenters. The van der Waals surface area contributed by atoms with Gasteiger partial charge in [0.25, 0.3) is 0 Å². The lowest BCUT2D eigenvalue weighted by atomic mass is 9.70. The highest BCUT2D eigenvalue weighted by Crippen LogP contribution is 2.48. The first kappa shape index (κ1) is 18.9. The standard InChI is InChI=1S/C22H25N3O3S/c1-24-19-8-3-2-6-15(19)16-9-10-25-12-14-5-4-7-17(22(26)28-13-29-23-27)18(14)11-20(25)21(16)24/h2-3,6-8,14,18,20H,4-5,9-13H2,1H3. The van der Waals surface area contributed by atoms with E-state index in [1.807, 2.05) is 0 Å². The second-order valence-electron chi connectivity index (χ2n) is 8.29. The van der Waals surface area contributed by atoms with Crippen LogP contribution in [0.15, 0.2) is 40.5 Å². The number of piperidine rings is 1. The third-order valence-electron chi connectivity index (χ3n) is 7.01. The van der Waals surface area contributed by atoms with Crippen LogP contribution in [0.1, 0.15) is 36.6 Å². The average molecular weight is 412 g/mol. The van der Waals surface area contributed by atoms with Gasteiger partial charge in [-0.05, 0) is 49.1 Å². The van der Waals surface area contributed by atoms with Gasteiger partial charge in [0, 0.05) is 46.9 Å². The van der Waals surface area contributed by atoms with Crippen molar-refractivity contribution in [2.45, 2.75) is 31.7 Å². The van der Waals surface area contributed by atoms with Crippen molar-refractivity contribution in [3.05, 3.63) is 52.1 Å². The molecule has 0 bridgehead atoms. The van der Waals surface area contributed by atoms with E-state index in [2.05, 4.69) is 51.4 Å². The van der Waals surface area contributed by atoms with Crippen molar-refractivity contribution in [1.82, 2.24) is 9.47 Å². The molecule has 0 spiro atoms. The van der Waals surface area contributed by atoms with Crippen molar-refractivity contribution in [3.63, 3.8) is 0 Å². The third kappa shape index (κ3) is 3.11. The second-order valence-corrected chi connectivity index (χ2v) is 8.94. The normalized spacial score (nSPS) is 26.2. The Hall–Kier alpha value is -2.12. The Kier molecular flexibility index (Phi) is 4.95. The summed E-state index contributed by atoms with van der Waals surface area (Å²) in [7, 11) is 2.17. The van der Waals surface area contributed by atoms with Crippen LogP contribution < -0.4 is 0 Å². The summed E-state index contributed by atoms with van der Waals surface area (Å²) in [6, 6.07) is 8.99. The van der Waals surface area contributed by atoms with E-state index in [9.17, 15) is 9.70 Å². The van der Waals surface area contributed by atoms with Gasteiger partial charge < -0.3 is 9.30 Å². The molecule has 1 saturated heterocycles. The number of para-hydroxylation sites is 1. The van der Waals surface area contributed by atoms with Crippen LogP contribution in [0.25, 0.3) is 10.9 Å². The summed E-state index contributed by atoms with van der Waals surface area (Å²) in [5, 5.41) is 1.36. The van der Waals surface area contributed by atoms with Gasteiger partial charge in [0.2, 0.25) is 0 Å². The molecule has 0 saturated carbocycles. The summed E-state index contributed by atoms with van der Waals surface area (Å²) in [5.74, 6) is 0.417. The molecule has 7 heteroatoms. The number of hydrogen-bond acceptors (Lipinski definition) is 6. The molecule has 3 atom stereocenters. The zero-order valence-electron chi connectivity index (χ0n) is 16.5. The maximum Gasteiger partial charge on any atom is 0.334 e. The predicted molar refractivity (Wildman–Crippen MR) is 114 cm³/mol. The summed E-state index contributed by atoms with van der Waals surface area (Å²) in [5.41, 5.74) is 4.98. The van der Waals surface area contributed by atoms with Crippen LogP contribution in [0.5, 0.6) is 0 Å². The van der Waals surface area contributed by atoms with Crippen LogP contribution >= 0.6 is 11.9 Å². The summed E-state index contributed by atoms with van der Waals surface area (Å²) in [6.45, 7) is 2.12. The summed E-state index contributed by atoms with van der Waals surface area (Å²) in [6.07, 6.45) is 6.14. The molecule has 152 valence electrons. The van der Waals surface area contributed by atoms with Crippen molar-refractivity contribution in [3.8, 4) is 0 Å². The zero-order chi connectivity index (χ0) is 20.0. The second kappa shape index (κ2) is 7.61. The number of nitroso groups, excluding NO2 is 1. The Labute approximate surface area is 174 Å². The van der Waals surface area contributed by atoms with Crippen LogP contribution in [0.3, 0.4) is 0 Å². The number of ether oxygens (including phenoxy) is 1. The first-order chi connectivity index (χ1) is 14.2. The molecular formula is C22H25N3O3S. The highest BCUT2D eigenvalue weighted by molar-refractivity contribution is 7.97. The number of carbonyl (C=O) groups excluding carboxylic acids is 1. The third-order valence-corrected chi connectivity index (χ3v) is 7.34. The number of rotatable bonds is 4. The van der Waals surface area contributed by atoms with E-state index >= 15 is 0 Å². The van der Waals surface area contributed by atoms with E-state index in [4.69, 9.17) is 4.74 Å². The van der Waals surface area contributed by atoms with E-state index in [-0.39, 0.29) is 17.8 Å². The number of allylic oxidation sites excluding steroid dienone is 1. The number of aromatic nitrogens is 1. The molecule has 2 aliphatic heterocycles. The summed E-state index contributed by atoms with van der Waals surface area (Å²) >= 11 is 0.731. The van der Waals surface area contributed by atoms with Gasteiger partial charge in [-0.2, -0.15) is 0 Å². The SMILES string of the molecule is Cn1c2c(c3ccccc31)CCN1CC3CCC=C(C(=O)OCSN=O)C3CC21. The maximum absolute atomic E-state index is 12.7. The van der Waals surface area contributed by atoms with Crippen molar-refractivity contribution in [2.75, 3.05) is 19.0 Å². The molecule has 1 aromatic carbocycles. The van der Waals surface area contributed by atoms with Gasteiger partial charge in [-0.15, -0.1) is 4.91 Å². The molecule has 6 nitrogen and oxygen atoms in total. The van der Waals surface area contributed by atoms with Crippen molar-refractivity contribution >= 4 is 28.8 Å². The molecule has 1 aromatic heterocycles. The van der Waals surface area contributed by atoms with Crippen LogP contribution in [0.4, 0.5) is 0 Å². The minimum atomic E-state index is -0.280. The first-order valence-electron chi connectivity index (χ1n) is 10.3. The number of esters is 1. The monoisotopic (exact) mass is 411 g/mol. The summed E-state index contributed by atoms with van der Waals surface area (Å²) in [4.78, 5) is 25.6. The van der Waals surface area contributed by atoms with Gasteiger partial charge in [-0.3, -0.25) is 4.90 Å². The molecule has 0 amide bonds. The number of benzene rings is 1. The van der Waals surface area contributed by atoms with Gasteiger partial charge >= 0.3 is 5.97 Å². The Morgan fingerprint density at radius 3 is 3.07 bits per heavy atom. The first-order valence-corrected chi connectivity index (χ1v) is 11.2. The Bertz CT molecular complexity index is 999. The molecule has 1 aliphatic carbocycles. The van der Waals surface area contributed by atoms with Crippen LogP contribution in [-0.2, 0) is 23.0 Å². The molecule has 5 rings (SSSR count). The van der Waals surface area contributed by atoms with Crippen molar-refractivity contribution < 1.29 is 9.53 Å². The van der Waals surface area contributed by atoms with E-state index in [0.717, 1.165) is 56.3 Å². The Morgan fingerprint density at radius 2 is 2.21 bits per heavy atom. The quantitative estimate of drug-likeness (QED) is 0.246. The van der Waals surface area contributed by atoms with Gasteiger partial charge in [0.15, 0.2) is 5.94 Å². The molecule has 0 N–H and O–H groups in total. The largest absolute Gasteiger partial charge is 0.449 e. The lowest BCUT2D eigenvalue weighted by Gasteiger charge is -2.48. The number of aryl methyl sites for hydroxylation is 1. The van der Waals surface area contributed by atoms with Crippen LogP contribution in [0, 0.1) is 16.7 Å². The summed E-state index contributed by atoms with van der Waals surface area (Å²) < 4.78 is 10.4. The van der Waals surface area contributed by atoms with Crippen molar-refractivity contribution in [1.29, 1.82) is 0 Å². The topological polar surface area (TPSA) is 63.9 Å². The number of nitrogens with zero attached hydrogens (tertiary/aromatic N) is 3. The van der Waals surface area contributed by atoms with Gasteiger partial charge in [0.1, 0.15) is 0 Å². The molecule has 3 aliphatic rings. The molecule has 29 heavy (non-hydrogen) atoms. The minimum Gasteiger partial charge on any atom is -0.449 e. The molecule has 1 fully saturated rings. The van der Waals surface area contributed by atoms with E-state index in [1.165, 1.54) is 22.2 Å². The molecule has 0 radical (unpaired) electrons. The maximum atomic E-state index is 12.7. The Balaban J connectivity index is 1.47. The number of hydrogen-bond donors (Lipinski definition) is 0. The van der Waals surface area contributed by atoms with E-state index in [1.54, 1.807) is 0 Å². The Morgan fingerprint density at radius 1 is 1.34 bits per heavy atom. The van der Waals surface area contributed by atoms with Gasteiger partial charge in [0.05, 0.1) is 18.0 Å². The fourth-order valence-electron chi connectivity index (χ4n) is 5.80. The zero-order valence-corrected chi connectivity index (χ0v) is 17.4. The fraction of sp³-hybridized carbons (Fsp3) is 0.500. The van der Waals surface area contributed by atoms with Gasteiger partial charge in [-0.1, -0.05) is 24.3 Å². The molecule has 2 aromatic rings. The minimum absolute atomic E-state index is 0.0139. The fourth-order valence-corrected chi connectivity index (χ4v) is 6.00. The predicted octanol–water partition coefficient (Wildman–Crippen LogP) is 4.35. The van der Waals surface area contributed by atoms with E-state index < -0.39 is 0 Å². The van der Waals surface area contributed by atoms with Crippen LogP contribution in [0.2, 0.25) is 0 Å². The lowest BCUT2D eigenvalue weighted by Crippen LogP contribution is -2.48. The van der Waals surface area contributed by atoms with Crippen molar-refractivity contribution in [2.24, 2.45) is 23.5 Å². The smallest absolute Gasteiger partial charge is 0.334 e. The number of fused-ring (bicyclic) bond motifs is 6.